The highest BCUT2D eigenvalue weighted by Crippen LogP contribution is 2.13. The third-order valence-electron chi connectivity index (χ3n) is 1.93. The van der Waals surface area contributed by atoms with E-state index in [1.807, 2.05) is 13.0 Å². The van der Waals surface area contributed by atoms with Crippen LogP contribution in [0.15, 0.2) is 35.0 Å². The summed E-state index contributed by atoms with van der Waals surface area (Å²) in [6.07, 6.45) is 1.88. The molecule has 14 heavy (non-hydrogen) atoms. The van der Waals surface area contributed by atoms with Crippen LogP contribution >= 0.6 is 0 Å². The lowest BCUT2D eigenvalue weighted by Gasteiger charge is -1.94. The van der Waals surface area contributed by atoms with E-state index >= 15 is 0 Å². The molecule has 3 heteroatoms. The van der Waals surface area contributed by atoms with Gasteiger partial charge in [0.15, 0.2) is 5.90 Å². The van der Waals surface area contributed by atoms with Crippen LogP contribution in [0.4, 0.5) is 4.39 Å². The molecular formula is C11H10FNO. The highest BCUT2D eigenvalue weighted by molar-refractivity contribution is 5.78. The Morgan fingerprint density at radius 1 is 1.36 bits per heavy atom. The summed E-state index contributed by atoms with van der Waals surface area (Å²) < 4.78 is 17.8. The highest BCUT2D eigenvalue weighted by atomic mass is 19.1. The first-order chi connectivity index (χ1) is 6.74. The molecule has 2 nitrogen and oxygen atoms in total. The first-order valence-electron chi connectivity index (χ1n) is 4.38. The van der Waals surface area contributed by atoms with Gasteiger partial charge in [-0.15, -0.1) is 0 Å². The minimum absolute atomic E-state index is 0.227. The van der Waals surface area contributed by atoms with Crippen molar-refractivity contribution in [2.75, 3.05) is 6.61 Å². The molecule has 1 aromatic rings. The monoisotopic (exact) mass is 191 g/mol. The maximum absolute atomic E-state index is 12.6. The first-order valence-corrected chi connectivity index (χ1v) is 4.38. The Labute approximate surface area is 81.7 Å². The van der Waals surface area contributed by atoms with Crippen molar-refractivity contribution < 1.29 is 9.13 Å². The Morgan fingerprint density at radius 2 is 2.07 bits per heavy atom. The van der Waals surface area contributed by atoms with Crippen LogP contribution in [-0.2, 0) is 4.74 Å². The van der Waals surface area contributed by atoms with Gasteiger partial charge >= 0.3 is 0 Å². The van der Waals surface area contributed by atoms with Gasteiger partial charge in [0.2, 0.25) is 0 Å². The summed E-state index contributed by atoms with van der Waals surface area (Å²) in [4.78, 5) is 4.17. The second-order valence-electron chi connectivity index (χ2n) is 3.11. The third kappa shape index (κ3) is 1.99. The van der Waals surface area contributed by atoms with Crippen molar-refractivity contribution >= 4 is 12.0 Å². The Bertz CT molecular complexity index is 392. The van der Waals surface area contributed by atoms with Gasteiger partial charge in [0.1, 0.15) is 12.4 Å². The maximum Gasteiger partial charge on any atom is 0.185 e. The molecule has 0 amide bonds. The van der Waals surface area contributed by atoms with Gasteiger partial charge in [0.05, 0.1) is 5.70 Å². The van der Waals surface area contributed by atoms with E-state index in [1.54, 1.807) is 12.1 Å². The number of hydrogen-bond donors (Lipinski definition) is 0. The number of rotatable bonds is 1. The van der Waals surface area contributed by atoms with E-state index in [2.05, 4.69) is 4.99 Å². The van der Waals surface area contributed by atoms with E-state index in [1.165, 1.54) is 12.1 Å². The fourth-order valence-electron chi connectivity index (χ4n) is 1.27. The van der Waals surface area contributed by atoms with Gasteiger partial charge in [-0.1, -0.05) is 12.1 Å². The van der Waals surface area contributed by atoms with Crippen molar-refractivity contribution in [3.05, 3.63) is 41.3 Å². The molecule has 0 atom stereocenters. The van der Waals surface area contributed by atoms with Crippen molar-refractivity contribution in [1.82, 2.24) is 0 Å². The zero-order chi connectivity index (χ0) is 9.97. The van der Waals surface area contributed by atoms with Crippen LogP contribution in [0.5, 0.6) is 0 Å². The predicted molar refractivity (Wildman–Crippen MR) is 53.4 cm³/mol. The molecule has 0 bridgehead atoms. The van der Waals surface area contributed by atoms with Crippen molar-refractivity contribution in [3.8, 4) is 0 Å². The normalized spacial score (nSPS) is 18.1. The van der Waals surface area contributed by atoms with Crippen LogP contribution in [0.25, 0.3) is 6.08 Å². The molecule has 0 saturated carbocycles. The molecule has 0 aliphatic carbocycles. The quantitative estimate of drug-likeness (QED) is 0.668. The second kappa shape index (κ2) is 3.62. The number of nitrogens with zero attached hydrogens (tertiary/aromatic N) is 1. The minimum atomic E-state index is -0.227. The minimum Gasteiger partial charge on any atom is -0.474 e. The Hall–Kier alpha value is -1.64. The molecule has 0 spiro atoms. The third-order valence-corrected chi connectivity index (χ3v) is 1.93. The number of halogens is 1. The van der Waals surface area contributed by atoms with Gasteiger partial charge in [0, 0.05) is 6.92 Å². The Balaban J connectivity index is 2.22. The van der Waals surface area contributed by atoms with Crippen LogP contribution in [0.3, 0.4) is 0 Å². The molecule has 0 N–H and O–H groups in total. The zero-order valence-corrected chi connectivity index (χ0v) is 7.83. The number of benzene rings is 1. The lowest BCUT2D eigenvalue weighted by molar-refractivity contribution is 0.361. The molecule has 1 aliphatic rings. The summed E-state index contributed by atoms with van der Waals surface area (Å²) >= 11 is 0. The molecule has 2 rings (SSSR count). The second-order valence-corrected chi connectivity index (χ2v) is 3.11. The lowest BCUT2D eigenvalue weighted by Crippen LogP contribution is -1.89. The molecule has 72 valence electrons. The van der Waals surface area contributed by atoms with Crippen molar-refractivity contribution in [2.24, 2.45) is 4.99 Å². The molecule has 0 unspecified atom stereocenters. The average Bonchev–Trinajstić information content (AvgIpc) is 2.56. The first kappa shape index (κ1) is 8.94. The molecule has 0 radical (unpaired) electrons. The predicted octanol–water partition coefficient (Wildman–Crippen LogP) is 2.62. The topological polar surface area (TPSA) is 21.6 Å². The van der Waals surface area contributed by atoms with E-state index in [0.29, 0.717) is 12.5 Å². The Morgan fingerprint density at radius 3 is 2.64 bits per heavy atom. The van der Waals surface area contributed by atoms with Crippen LogP contribution in [-0.4, -0.2) is 12.5 Å². The lowest BCUT2D eigenvalue weighted by atomic mass is 10.2. The van der Waals surface area contributed by atoms with Gasteiger partial charge in [-0.25, -0.2) is 9.38 Å². The van der Waals surface area contributed by atoms with Gasteiger partial charge < -0.3 is 4.74 Å². The fourth-order valence-corrected chi connectivity index (χ4v) is 1.27. The van der Waals surface area contributed by atoms with E-state index < -0.39 is 0 Å². The van der Waals surface area contributed by atoms with Gasteiger partial charge in [0.25, 0.3) is 0 Å². The van der Waals surface area contributed by atoms with Crippen LogP contribution in [0, 0.1) is 5.82 Å². The summed E-state index contributed by atoms with van der Waals surface area (Å²) in [5.41, 5.74) is 1.80. The van der Waals surface area contributed by atoms with Crippen molar-refractivity contribution in [2.45, 2.75) is 6.92 Å². The van der Waals surface area contributed by atoms with E-state index in [4.69, 9.17) is 4.74 Å². The fraction of sp³-hybridized carbons (Fsp3) is 0.182. The SMILES string of the molecule is CC1=N/C(=C\c2ccc(F)cc2)CO1. The van der Waals surface area contributed by atoms with Gasteiger partial charge in [-0.3, -0.25) is 0 Å². The maximum atomic E-state index is 12.6. The van der Waals surface area contributed by atoms with Crippen LogP contribution < -0.4 is 0 Å². The number of hydrogen-bond acceptors (Lipinski definition) is 2. The zero-order valence-electron chi connectivity index (χ0n) is 7.83. The van der Waals surface area contributed by atoms with E-state index in [9.17, 15) is 4.39 Å². The highest BCUT2D eigenvalue weighted by Gasteiger charge is 2.06. The van der Waals surface area contributed by atoms with Gasteiger partial charge in [-0.05, 0) is 23.8 Å². The summed E-state index contributed by atoms with van der Waals surface area (Å²) in [6.45, 7) is 2.31. The molecule has 1 aromatic carbocycles. The smallest absolute Gasteiger partial charge is 0.185 e. The van der Waals surface area contributed by atoms with Crippen molar-refractivity contribution in [3.63, 3.8) is 0 Å². The summed E-state index contributed by atoms with van der Waals surface area (Å²) in [7, 11) is 0. The molecular weight excluding hydrogens is 181 g/mol. The van der Waals surface area contributed by atoms with Gasteiger partial charge in [-0.2, -0.15) is 0 Å². The number of ether oxygens (including phenoxy) is 1. The van der Waals surface area contributed by atoms with Crippen LogP contribution in [0.2, 0.25) is 0 Å². The molecule has 0 saturated heterocycles. The molecule has 1 aliphatic heterocycles. The summed E-state index contributed by atoms with van der Waals surface area (Å²) in [5.74, 6) is 0.452. The summed E-state index contributed by atoms with van der Waals surface area (Å²) in [6, 6.07) is 6.29. The molecule has 0 aromatic heterocycles. The molecule has 1 heterocycles. The van der Waals surface area contributed by atoms with Crippen molar-refractivity contribution in [1.29, 1.82) is 0 Å². The standard InChI is InChI=1S/C11H10FNO/c1-8-13-11(7-14-8)6-9-2-4-10(12)5-3-9/h2-6H,7H2,1H3/b11-6-. The average molecular weight is 191 g/mol. The molecule has 0 fully saturated rings. The van der Waals surface area contributed by atoms with E-state index in [-0.39, 0.29) is 5.82 Å². The number of aliphatic imine (C=N–C) groups is 1. The largest absolute Gasteiger partial charge is 0.474 e. The summed E-state index contributed by atoms with van der Waals surface area (Å²) in [5, 5.41) is 0. The van der Waals surface area contributed by atoms with E-state index in [0.717, 1.165) is 11.3 Å². The van der Waals surface area contributed by atoms with Crippen LogP contribution in [0.1, 0.15) is 12.5 Å². The Kier molecular flexibility index (Phi) is 2.31.